The SMILES string of the molecule is C=C(/C=C(/Cl)C(=C)Cl)CC(=O)Nc1ccn(C)c(=O)n1.CC. The summed E-state index contributed by atoms with van der Waals surface area (Å²) < 4.78 is 1.29. The van der Waals surface area contributed by atoms with Crippen LogP contribution < -0.4 is 11.0 Å². The van der Waals surface area contributed by atoms with Crippen molar-refractivity contribution in [2.24, 2.45) is 7.05 Å². The Hall–Kier alpha value is -1.85. The van der Waals surface area contributed by atoms with E-state index in [0.29, 0.717) is 5.57 Å². The Bertz CT molecular complexity index is 648. The van der Waals surface area contributed by atoms with E-state index in [4.69, 9.17) is 23.2 Å². The van der Waals surface area contributed by atoms with Crippen LogP contribution in [-0.4, -0.2) is 15.5 Å². The molecule has 0 aliphatic carbocycles. The van der Waals surface area contributed by atoms with E-state index in [1.807, 2.05) is 13.8 Å². The van der Waals surface area contributed by atoms with E-state index < -0.39 is 5.69 Å². The summed E-state index contributed by atoms with van der Waals surface area (Å²) in [4.78, 5) is 26.7. The van der Waals surface area contributed by atoms with Gasteiger partial charge in [0.2, 0.25) is 5.91 Å². The molecule has 0 atom stereocenters. The first kappa shape index (κ1) is 20.1. The van der Waals surface area contributed by atoms with Gasteiger partial charge in [0.15, 0.2) is 0 Å². The van der Waals surface area contributed by atoms with Gasteiger partial charge in [0.05, 0.1) is 16.5 Å². The summed E-state index contributed by atoms with van der Waals surface area (Å²) >= 11 is 11.4. The molecule has 1 amide bonds. The number of nitrogens with one attached hydrogen (secondary N) is 1. The molecule has 5 nitrogen and oxygen atoms in total. The molecular weight excluding hydrogens is 325 g/mol. The number of nitrogens with zero attached hydrogens (tertiary/aromatic N) is 2. The first-order valence-corrected chi connectivity index (χ1v) is 7.28. The van der Waals surface area contributed by atoms with Gasteiger partial charge in [0, 0.05) is 13.2 Å². The van der Waals surface area contributed by atoms with Crippen molar-refractivity contribution >= 4 is 34.9 Å². The first-order chi connectivity index (χ1) is 10.3. The number of hydrogen-bond donors (Lipinski definition) is 1. The van der Waals surface area contributed by atoms with Crippen LogP contribution in [0.2, 0.25) is 0 Å². The van der Waals surface area contributed by atoms with Crippen LogP contribution in [0.5, 0.6) is 0 Å². The number of aryl methyl sites for hydroxylation is 1. The zero-order valence-electron chi connectivity index (χ0n) is 12.8. The van der Waals surface area contributed by atoms with Crippen molar-refractivity contribution in [2.75, 3.05) is 5.32 Å². The van der Waals surface area contributed by atoms with Crippen LogP contribution in [-0.2, 0) is 11.8 Å². The number of amides is 1. The topological polar surface area (TPSA) is 64.0 Å². The lowest BCUT2D eigenvalue weighted by Gasteiger charge is -2.05. The number of carbonyl (C=O) groups is 1. The van der Waals surface area contributed by atoms with Crippen LogP contribution in [0.15, 0.2) is 51.9 Å². The molecule has 1 rings (SSSR count). The fraction of sp³-hybridized carbons (Fsp3) is 0.267. The quantitative estimate of drug-likeness (QED) is 0.831. The summed E-state index contributed by atoms with van der Waals surface area (Å²) in [5.74, 6) is -0.181. The third-order valence-corrected chi connectivity index (χ3v) is 2.86. The minimum Gasteiger partial charge on any atom is -0.310 e. The molecule has 7 heteroatoms. The maximum Gasteiger partial charge on any atom is 0.349 e. The molecule has 1 aromatic heterocycles. The van der Waals surface area contributed by atoms with E-state index in [-0.39, 0.29) is 28.2 Å². The van der Waals surface area contributed by atoms with Crippen LogP contribution in [0, 0.1) is 0 Å². The van der Waals surface area contributed by atoms with Crippen molar-refractivity contribution in [1.82, 2.24) is 9.55 Å². The van der Waals surface area contributed by atoms with Crippen LogP contribution in [0.1, 0.15) is 20.3 Å². The lowest BCUT2D eigenvalue weighted by molar-refractivity contribution is -0.115. The van der Waals surface area contributed by atoms with Gasteiger partial charge in [0.1, 0.15) is 5.82 Å². The molecule has 0 aromatic carbocycles. The van der Waals surface area contributed by atoms with Crippen molar-refractivity contribution in [3.05, 3.63) is 57.6 Å². The number of hydrogen-bond acceptors (Lipinski definition) is 3. The molecule has 0 bridgehead atoms. The molecule has 0 aliphatic heterocycles. The van der Waals surface area contributed by atoms with Gasteiger partial charge in [-0.05, 0) is 17.7 Å². The van der Waals surface area contributed by atoms with Crippen molar-refractivity contribution < 1.29 is 4.79 Å². The average molecular weight is 344 g/mol. The number of allylic oxidation sites excluding steroid dienone is 3. The maximum absolute atomic E-state index is 11.7. The Morgan fingerprint density at radius 1 is 1.41 bits per heavy atom. The third-order valence-electron chi connectivity index (χ3n) is 2.22. The smallest absolute Gasteiger partial charge is 0.310 e. The Morgan fingerprint density at radius 2 is 2.00 bits per heavy atom. The van der Waals surface area contributed by atoms with Gasteiger partial charge < -0.3 is 9.88 Å². The second-order valence-electron chi connectivity index (χ2n) is 3.99. The lowest BCUT2D eigenvalue weighted by Crippen LogP contribution is -2.22. The molecule has 0 unspecified atom stereocenters. The second kappa shape index (κ2) is 9.97. The van der Waals surface area contributed by atoms with Gasteiger partial charge in [0.25, 0.3) is 0 Å². The van der Waals surface area contributed by atoms with Crippen LogP contribution in [0.25, 0.3) is 0 Å². The van der Waals surface area contributed by atoms with Gasteiger partial charge in [-0.25, -0.2) is 4.79 Å². The fourth-order valence-corrected chi connectivity index (χ4v) is 1.45. The van der Waals surface area contributed by atoms with Gasteiger partial charge in [-0.3, -0.25) is 4.79 Å². The Labute approximate surface area is 140 Å². The highest BCUT2D eigenvalue weighted by molar-refractivity contribution is 6.43. The van der Waals surface area contributed by atoms with Crippen LogP contribution >= 0.6 is 23.2 Å². The summed E-state index contributed by atoms with van der Waals surface area (Å²) in [6, 6.07) is 1.52. The molecule has 1 N–H and O–H groups in total. The predicted octanol–water partition coefficient (Wildman–Crippen LogP) is 3.57. The molecule has 0 spiro atoms. The van der Waals surface area contributed by atoms with Crippen molar-refractivity contribution in [2.45, 2.75) is 20.3 Å². The van der Waals surface area contributed by atoms with E-state index >= 15 is 0 Å². The zero-order valence-corrected chi connectivity index (χ0v) is 14.3. The summed E-state index contributed by atoms with van der Waals surface area (Å²) in [6.45, 7) is 11.1. The summed E-state index contributed by atoms with van der Waals surface area (Å²) in [5, 5.41) is 2.88. The van der Waals surface area contributed by atoms with E-state index in [2.05, 4.69) is 23.5 Å². The van der Waals surface area contributed by atoms with E-state index in [1.54, 1.807) is 7.05 Å². The highest BCUT2D eigenvalue weighted by Gasteiger charge is 2.06. The molecule has 0 saturated heterocycles. The van der Waals surface area contributed by atoms with E-state index in [0.717, 1.165) is 0 Å². The van der Waals surface area contributed by atoms with Gasteiger partial charge >= 0.3 is 5.69 Å². The molecule has 0 saturated carbocycles. The van der Waals surface area contributed by atoms with Crippen molar-refractivity contribution in [3.63, 3.8) is 0 Å². The van der Waals surface area contributed by atoms with Gasteiger partial charge in [-0.15, -0.1) is 0 Å². The summed E-state index contributed by atoms with van der Waals surface area (Å²) in [6.07, 6.45) is 2.96. The fourth-order valence-electron chi connectivity index (χ4n) is 1.24. The van der Waals surface area contributed by atoms with Gasteiger partial charge in [-0.2, -0.15) is 4.98 Å². The summed E-state index contributed by atoms with van der Waals surface area (Å²) in [7, 11) is 1.56. The monoisotopic (exact) mass is 343 g/mol. The number of aromatic nitrogens is 2. The molecule has 0 aliphatic rings. The minimum absolute atomic E-state index is 0.00270. The maximum atomic E-state index is 11.7. The Kier molecular flexibility index (Phi) is 9.13. The lowest BCUT2D eigenvalue weighted by atomic mass is 10.2. The molecule has 1 aromatic rings. The van der Waals surface area contributed by atoms with Crippen molar-refractivity contribution in [3.8, 4) is 0 Å². The Balaban J connectivity index is 0.00000211. The second-order valence-corrected chi connectivity index (χ2v) is 4.85. The predicted molar refractivity (Wildman–Crippen MR) is 92.1 cm³/mol. The minimum atomic E-state index is -0.456. The average Bonchev–Trinajstić information content (AvgIpc) is 2.44. The van der Waals surface area contributed by atoms with Crippen LogP contribution in [0.3, 0.4) is 0 Å². The molecular formula is C15H19Cl2N3O2. The number of rotatable bonds is 5. The number of anilines is 1. The highest BCUT2D eigenvalue weighted by atomic mass is 35.5. The normalized spacial score (nSPS) is 10.3. The first-order valence-electron chi connectivity index (χ1n) is 6.53. The zero-order chi connectivity index (χ0) is 17.3. The molecule has 1 heterocycles. The van der Waals surface area contributed by atoms with Crippen LogP contribution in [0.4, 0.5) is 5.82 Å². The number of carbonyl (C=O) groups excluding carboxylic acids is 1. The molecule has 0 fully saturated rings. The van der Waals surface area contributed by atoms with Gasteiger partial charge in [-0.1, -0.05) is 50.2 Å². The molecule has 120 valence electrons. The van der Waals surface area contributed by atoms with E-state index in [1.165, 1.54) is 22.9 Å². The largest absolute Gasteiger partial charge is 0.349 e. The van der Waals surface area contributed by atoms with E-state index in [9.17, 15) is 9.59 Å². The number of halogens is 2. The molecule has 0 radical (unpaired) electrons. The molecule has 22 heavy (non-hydrogen) atoms. The standard InChI is InChI=1S/C13H13Cl2N3O2.C2H6/c1-8(6-10(15)9(2)14)7-12(19)16-11-4-5-18(3)13(20)17-11;1-2/h4-6H,1-2,7H2,3H3,(H,16,17,19,20);1-2H3/b10-6+;. The highest BCUT2D eigenvalue weighted by Crippen LogP contribution is 2.19. The Morgan fingerprint density at radius 3 is 2.50 bits per heavy atom. The summed E-state index contributed by atoms with van der Waals surface area (Å²) in [5.41, 5.74) is 0.00106. The van der Waals surface area contributed by atoms with Crippen molar-refractivity contribution in [1.29, 1.82) is 0 Å². The third kappa shape index (κ3) is 7.24.